The summed E-state index contributed by atoms with van der Waals surface area (Å²) in [6, 6.07) is 10.7. The molecule has 1 aromatic heterocycles. The molecular formula is C26H33N3O4S. The Morgan fingerprint density at radius 1 is 1.00 bits per heavy atom. The molecule has 1 saturated heterocycles. The van der Waals surface area contributed by atoms with E-state index in [-0.39, 0.29) is 35.7 Å². The van der Waals surface area contributed by atoms with E-state index in [4.69, 9.17) is 4.74 Å². The van der Waals surface area contributed by atoms with Gasteiger partial charge in [-0.25, -0.2) is 0 Å². The van der Waals surface area contributed by atoms with Crippen LogP contribution in [0.4, 0.5) is 0 Å². The monoisotopic (exact) mass is 483 g/mol. The molecule has 4 rings (SSSR count). The number of carbonyl (C=O) groups excluding carboxylic acids is 3. The number of methoxy groups -OCH3 is 1. The third kappa shape index (κ3) is 6.17. The molecule has 1 aromatic carbocycles. The van der Waals surface area contributed by atoms with E-state index in [2.05, 4.69) is 10.6 Å². The van der Waals surface area contributed by atoms with Gasteiger partial charge in [-0.15, -0.1) is 11.3 Å². The van der Waals surface area contributed by atoms with E-state index in [0.29, 0.717) is 30.8 Å². The van der Waals surface area contributed by atoms with Crippen molar-refractivity contribution in [3.63, 3.8) is 0 Å². The SMILES string of the molecule is COc1ccc(C(=O)N[C@@H]2CCCC[C@H]2NC(=O)[C@H]2CCCN(C(=O)Cc3cccs3)C2)cc1. The van der Waals surface area contributed by atoms with Gasteiger partial charge in [0, 0.05) is 35.6 Å². The van der Waals surface area contributed by atoms with Crippen LogP contribution in [0.2, 0.25) is 0 Å². The molecule has 2 aliphatic rings. The van der Waals surface area contributed by atoms with Gasteiger partial charge in [0.1, 0.15) is 5.75 Å². The topological polar surface area (TPSA) is 87.7 Å². The number of ether oxygens (including phenoxy) is 1. The Balaban J connectivity index is 1.32. The molecule has 7 nitrogen and oxygen atoms in total. The van der Waals surface area contributed by atoms with Crippen molar-refractivity contribution in [2.24, 2.45) is 5.92 Å². The van der Waals surface area contributed by atoms with Gasteiger partial charge in [-0.1, -0.05) is 18.9 Å². The predicted molar refractivity (Wildman–Crippen MR) is 132 cm³/mol. The Morgan fingerprint density at radius 2 is 1.74 bits per heavy atom. The van der Waals surface area contributed by atoms with Crippen LogP contribution >= 0.6 is 11.3 Å². The largest absolute Gasteiger partial charge is 0.497 e. The van der Waals surface area contributed by atoms with Gasteiger partial charge in [0.05, 0.1) is 19.4 Å². The van der Waals surface area contributed by atoms with Gasteiger partial charge >= 0.3 is 0 Å². The van der Waals surface area contributed by atoms with Crippen LogP contribution < -0.4 is 15.4 Å². The first-order chi connectivity index (χ1) is 16.5. The summed E-state index contributed by atoms with van der Waals surface area (Å²) in [5, 5.41) is 8.31. The van der Waals surface area contributed by atoms with E-state index in [1.807, 2.05) is 22.4 Å². The minimum absolute atomic E-state index is 0.00998. The minimum Gasteiger partial charge on any atom is -0.497 e. The smallest absolute Gasteiger partial charge is 0.251 e. The number of rotatable bonds is 7. The van der Waals surface area contributed by atoms with Crippen LogP contribution in [0.25, 0.3) is 0 Å². The Hall–Kier alpha value is -2.87. The lowest BCUT2D eigenvalue weighted by Gasteiger charge is -2.36. The fraction of sp³-hybridized carbons (Fsp3) is 0.500. The van der Waals surface area contributed by atoms with E-state index in [0.717, 1.165) is 43.4 Å². The molecule has 1 aliphatic carbocycles. The summed E-state index contributed by atoms with van der Waals surface area (Å²) in [6.07, 6.45) is 5.73. The van der Waals surface area contributed by atoms with Crippen LogP contribution in [0.3, 0.4) is 0 Å². The number of hydrogen-bond acceptors (Lipinski definition) is 5. The second-order valence-electron chi connectivity index (χ2n) is 9.14. The molecule has 2 heterocycles. The summed E-state index contributed by atoms with van der Waals surface area (Å²) in [7, 11) is 1.59. The molecule has 2 N–H and O–H groups in total. The van der Waals surface area contributed by atoms with Crippen molar-refractivity contribution in [3.05, 3.63) is 52.2 Å². The van der Waals surface area contributed by atoms with Gasteiger partial charge in [-0.05, 0) is 61.4 Å². The molecule has 0 unspecified atom stereocenters. The molecule has 2 fully saturated rings. The average Bonchev–Trinajstić information content (AvgIpc) is 3.38. The summed E-state index contributed by atoms with van der Waals surface area (Å²) < 4.78 is 5.16. The zero-order valence-corrected chi connectivity index (χ0v) is 20.4. The number of piperidine rings is 1. The molecule has 8 heteroatoms. The molecule has 182 valence electrons. The van der Waals surface area contributed by atoms with E-state index in [1.54, 1.807) is 42.7 Å². The van der Waals surface area contributed by atoms with Crippen molar-refractivity contribution in [3.8, 4) is 5.75 Å². The highest BCUT2D eigenvalue weighted by atomic mass is 32.1. The second kappa shape index (κ2) is 11.5. The first kappa shape index (κ1) is 24.3. The summed E-state index contributed by atoms with van der Waals surface area (Å²) in [5.41, 5.74) is 0.573. The maximum atomic E-state index is 13.1. The van der Waals surface area contributed by atoms with Crippen molar-refractivity contribution in [2.45, 2.75) is 57.0 Å². The van der Waals surface area contributed by atoms with E-state index in [9.17, 15) is 14.4 Å². The lowest BCUT2D eigenvalue weighted by molar-refractivity contribution is -0.135. The molecule has 2 aromatic rings. The third-order valence-electron chi connectivity index (χ3n) is 6.81. The van der Waals surface area contributed by atoms with Crippen LogP contribution in [-0.4, -0.2) is 54.9 Å². The maximum Gasteiger partial charge on any atom is 0.251 e. The lowest BCUT2D eigenvalue weighted by atomic mass is 9.88. The van der Waals surface area contributed by atoms with Crippen LogP contribution in [0.1, 0.15) is 53.8 Å². The summed E-state index contributed by atoms with van der Waals surface area (Å²) in [6.45, 7) is 1.17. The van der Waals surface area contributed by atoms with E-state index in [1.165, 1.54) is 0 Å². The highest BCUT2D eigenvalue weighted by Crippen LogP contribution is 2.23. The number of carbonyl (C=O) groups is 3. The van der Waals surface area contributed by atoms with E-state index < -0.39 is 0 Å². The lowest BCUT2D eigenvalue weighted by Crippen LogP contribution is -2.55. The standard InChI is InChI=1S/C26H33N3O4S/c1-33-20-12-10-18(11-13-20)25(31)27-22-8-2-3-9-23(22)28-26(32)19-6-4-14-29(17-19)24(30)16-21-7-5-15-34-21/h5,7,10-13,15,19,22-23H,2-4,6,8-9,14,16-17H2,1H3,(H,27,31)(H,28,32)/t19-,22+,23+/m0/s1. The molecule has 34 heavy (non-hydrogen) atoms. The van der Waals surface area contributed by atoms with Crippen molar-refractivity contribution >= 4 is 29.1 Å². The summed E-state index contributed by atoms with van der Waals surface area (Å²) >= 11 is 1.58. The minimum atomic E-state index is -0.207. The molecular weight excluding hydrogens is 450 g/mol. The Kier molecular flexibility index (Phi) is 8.21. The van der Waals surface area contributed by atoms with Gasteiger partial charge in [-0.2, -0.15) is 0 Å². The van der Waals surface area contributed by atoms with Gasteiger partial charge in [0.25, 0.3) is 5.91 Å². The summed E-state index contributed by atoms with van der Waals surface area (Å²) in [5.74, 6) is 0.430. The van der Waals surface area contributed by atoms with Crippen molar-refractivity contribution in [1.82, 2.24) is 15.5 Å². The number of nitrogens with one attached hydrogen (secondary N) is 2. The van der Waals surface area contributed by atoms with Crippen LogP contribution in [0.5, 0.6) is 5.75 Å². The maximum absolute atomic E-state index is 13.1. The third-order valence-corrected chi connectivity index (χ3v) is 7.69. The van der Waals surface area contributed by atoms with Gasteiger partial charge in [-0.3, -0.25) is 14.4 Å². The summed E-state index contributed by atoms with van der Waals surface area (Å²) in [4.78, 5) is 41.5. The number of benzene rings is 1. The zero-order chi connectivity index (χ0) is 23.9. The normalized spacial score (nSPS) is 22.6. The number of amides is 3. The van der Waals surface area contributed by atoms with Gasteiger partial charge in [0.15, 0.2) is 0 Å². The fourth-order valence-corrected chi connectivity index (χ4v) is 5.56. The first-order valence-corrected chi connectivity index (χ1v) is 13.0. The first-order valence-electron chi connectivity index (χ1n) is 12.1. The van der Waals surface area contributed by atoms with Gasteiger partial charge in [0.2, 0.25) is 11.8 Å². The Morgan fingerprint density at radius 3 is 2.41 bits per heavy atom. The van der Waals surface area contributed by atoms with Crippen molar-refractivity contribution < 1.29 is 19.1 Å². The molecule has 0 bridgehead atoms. The van der Waals surface area contributed by atoms with Crippen molar-refractivity contribution in [1.29, 1.82) is 0 Å². The Bertz CT molecular complexity index is 976. The zero-order valence-electron chi connectivity index (χ0n) is 19.6. The highest BCUT2D eigenvalue weighted by Gasteiger charge is 2.33. The van der Waals surface area contributed by atoms with Crippen LogP contribution in [-0.2, 0) is 16.0 Å². The fourth-order valence-electron chi connectivity index (χ4n) is 4.86. The number of hydrogen-bond donors (Lipinski definition) is 2. The highest BCUT2D eigenvalue weighted by molar-refractivity contribution is 7.10. The van der Waals surface area contributed by atoms with Crippen LogP contribution in [0.15, 0.2) is 41.8 Å². The number of thiophene rings is 1. The quantitative estimate of drug-likeness (QED) is 0.632. The van der Waals surface area contributed by atoms with Crippen molar-refractivity contribution in [2.75, 3.05) is 20.2 Å². The second-order valence-corrected chi connectivity index (χ2v) is 10.2. The van der Waals surface area contributed by atoms with Crippen LogP contribution in [0, 0.1) is 5.92 Å². The molecule has 3 atom stereocenters. The molecule has 1 aliphatic heterocycles. The van der Waals surface area contributed by atoms with Gasteiger partial charge < -0.3 is 20.3 Å². The molecule has 3 amide bonds. The Labute approximate surface area is 204 Å². The number of likely N-dealkylation sites (tertiary alicyclic amines) is 1. The molecule has 0 radical (unpaired) electrons. The molecule has 0 spiro atoms. The predicted octanol–water partition coefficient (Wildman–Crippen LogP) is 3.40. The molecule has 1 saturated carbocycles. The average molecular weight is 484 g/mol. The van der Waals surface area contributed by atoms with E-state index >= 15 is 0 Å². The number of nitrogens with zero attached hydrogens (tertiary/aromatic N) is 1.